The van der Waals surface area contributed by atoms with E-state index in [1.165, 1.54) is 6.07 Å². The fraction of sp³-hybridized carbons (Fsp3) is 0.409. The van der Waals surface area contributed by atoms with Gasteiger partial charge in [-0.25, -0.2) is 0 Å². The van der Waals surface area contributed by atoms with Gasteiger partial charge in [-0.1, -0.05) is 48.4 Å². The fourth-order valence-electron chi connectivity index (χ4n) is 3.24. The Morgan fingerprint density at radius 1 is 1.10 bits per heavy atom. The van der Waals surface area contributed by atoms with Gasteiger partial charge in [-0.2, -0.15) is 13.2 Å². The monoisotopic (exact) mass is 424 g/mol. The second-order valence-corrected chi connectivity index (χ2v) is 7.99. The molecular formula is C22H20ClF3O3. The van der Waals surface area contributed by atoms with Crippen molar-refractivity contribution in [3.8, 4) is 22.6 Å². The zero-order valence-corrected chi connectivity index (χ0v) is 16.4. The molecule has 154 valence electrons. The van der Waals surface area contributed by atoms with E-state index in [1.807, 2.05) is 0 Å². The molecule has 7 heteroatoms. The number of halogens is 4. The van der Waals surface area contributed by atoms with Crippen LogP contribution >= 0.6 is 11.6 Å². The van der Waals surface area contributed by atoms with Crippen molar-refractivity contribution in [3.05, 3.63) is 47.0 Å². The Hall–Kier alpha value is -2.21. The number of ether oxygens (including phenoxy) is 2. The predicted molar refractivity (Wildman–Crippen MR) is 103 cm³/mol. The summed E-state index contributed by atoms with van der Waals surface area (Å²) in [5, 5.41) is -0.132. The van der Waals surface area contributed by atoms with E-state index >= 15 is 0 Å². The molecule has 0 bridgehead atoms. The molecule has 4 rings (SSSR count). The summed E-state index contributed by atoms with van der Waals surface area (Å²) in [6, 6.07) is 9.97. The summed E-state index contributed by atoms with van der Waals surface area (Å²) in [6.07, 6.45) is -0.819. The molecule has 2 fully saturated rings. The van der Waals surface area contributed by atoms with Crippen molar-refractivity contribution in [3.63, 3.8) is 0 Å². The first-order valence-corrected chi connectivity index (χ1v) is 10.1. The van der Waals surface area contributed by atoms with Crippen molar-refractivity contribution in [2.24, 2.45) is 11.8 Å². The van der Waals surface area contributed by atoms with E-state index in [-0.39, 0.29) is 23.5 Å². The van der Waals surface area contributed by atoms with Crippen molar-refractivity contribution in [1.29, 1.82) is 0 Å². The summed E-state index contributed by atoms with van der Waals surface area (Å²) in [4.78, 5) is 12.3. The standard InChI is InChI=1S/C22H20ClF3O3/c23-19-16(14-5-2-1-3-6-14)11-17(29-21(27)15-7-4-8-15)18(22(24,25)26)20(19)28-12-13-9-10-13/h1-3,5-6,11,13,15H,4,7-10,12H2. The molecule has 3 nitrogen and oxygen atoms in total. The molecule has 0 saturated heterocycles. The van der Waals surface area contributed by atoms with Crippen molar-refractivity contribution in [2.45, 2.75) is 38.3 Å². The molecule has 29 heavy (non-hydrogen) atoms. The number of alkyl halides is 3. The largest absolute Gasteiger partial charge is 0.491 e. The Balaban J connectivity index is 1.82. The average molecular weight is 425 g/mol. The van der Waals surface area contributed by atoms with Gasteiger partial charge in [-0.05, 0) is 43.2 Å². The molecule has 0 aliphatic heterocycles. The molecule has 2 aliphatic carbocycles. The molecule has 2 aromatic carbocycles. The van der Waals surface area contributed by atoms with Crippen LogP contribution < -0.4 is 9.47 Å². The minimum Gasteiger partial charge on any atom is -0.491 e. The lowest BCUT2D eigenvalue weighted by molar-refractivity contribution is -0.146. The molecule has 2 saturated carbocycles. The lowest BCUT2D eigenvalue weighted by Crippen LogP contribution is -2.27. The molecule has 2 aromatic rings. The predicted octanol–water partition coefficient (Wildman–Crippen LogP) is 6.52. The van der Waals surface area contributed by atoms with E-state index in [1.54, 1.807) is 30.3 Å². The summed E-state index contributed by atoms with van der Waals surface area (Å²) in [6.45, 7) is 0.150. The van der Waals surface area contributed by atoms with E-state index in [4.69, 9.17) is 21.1 Å². The van der Waals surface area contributed by atoms with Crippen LogP contribution in [0.15, 0.2) is 36.4 Å². The molecular weight excluding hydrogens is 405 g/mol. The van der Waals surface area contributed by atoms with Crippen LogP contribution in [0.25, 0.3) is 11.1 Å². The first-order valence-electron chi connectivity index (χ1n) is 9.68. The quantitative estimate of drug-likeness (QED) is 0.391. The van der Waals surface area contributed by atoms with E-state index in [2.05, 4.69) is 0 Å². The molecule has 0 spiro atoms. The van der Waals surface area contributed by atoms with E-state index in [0.717, 1.165) is 19.3 Å². The lowest BCUT2D eigenvalue weighted by Gasteiger charge is -2.25. The summed E-state index contributed by atoms with van der Waals surface area (Å²) >= 11 is 6.40. The summed E-state index contributed by atoms with van der Waals surface area (Å²) in [7, 11) is 0. The third kappa shape index (κ3) is 4.37. The van der Waals surface area contributed by atoms with Crippen LogP contribution in [0.1, 0.15) is 37.7 Å². The number of carbonyl (C=O) groups excluding carboxylic acids is 1. The molecule has 0 N–H and O–H groups in total. The first kappa shape index (κ1) is 20.1. The second kappa shape index (κ2) is 7.90. The highest BCUT2D eigenvalue weighted by atomic mass is 35.5. The van der Waals surface area contributed by atoms with Crippen LogP contribution in [0.5, 0.6) is 11.5 Å². The Morgan fingerprint density at radius 3 is 2.34 bits per heavy atom. The summed E-state index contributed by atoms with van der Waals surface area (Å²) < 4.78 is 52.8. The number of carbonyl (C=O) groups is 1. The zero-order valence-electron chi connectivity index (χ0n) is 15.6. The van der Waals surface area contributed by atoms with Crippen LogP contribution in [0.2, 0.25) is 5.02 Å². The Morgan fingerprint density at radius 2 is 1.79 bits per heavy atom. The molecule has 0 heterocycles. The van der Waals surface area contributed by atoms with Crippen LogP contribution in [0, 0.1) is 11.8 Å². The van der Waals surface area contributed by atoms with E-state index in [9.17, 15) is 18.0 Å². The van der Waals surface area contributed by atoms with Crippen molar-refractivity contribution in [1.82, 2.24) is 0 Å². The van der Waals surface area contributed by atoms with Crippen LogP contribution in [0.3, 0.4) is 0 Å². The van der Waals surface area contributed by atoms with Crippen LogP contribution in [0.4, 0.5) is 13.2 Å². The molecule has 0 aromatic heterocycles. The van der Waals surface area contributed by atoms with Gasteiger partial charge < -0.3 is 9.47 Å². The van der Waals surface area contributed by atoms with Crippen LogP contribution in [-0.4, -0.2) is 12.6 Å². The third-order valence-corrected chi connectivity index (χ3v) is 5.74. The van der Waals surface area contributed by atoms with Gasteiger partial charge in [0.1, 0.15) is 11.3 Å². The van der Waals surface area contributed by atoms with Crippen LogP contribution in [-0.2, 0) is 11.0 Å². The minimum atomic E-state index is -4.78. The molecule has 0 amide bonds. The fourth-order valence-corrected chi connectivity index (χ4v) is 3.56. The van der Waals surface area contributed by atoms with Gasteiger partial charge in [0.25, 0.3) is 0 Å². The average Bonchev–Trinajstić information content (AvgIpc) is 3.44. The third-order valence-electron chi connectivity index (χ3n) is 5.36. The number of rotatable bonds is 6. The molecule has 0 radical (unpaired) electrons. The molecule has 2 aliphatic rings. The van der Waals surface area contributed by atoms with Gasteiger partial charge in [0.05, 0.1) is 17.5 Å². The Kier molecular flexibility index (Phi) is 5.47. The minimum absolute atomic E-state index is 0.132. The smallest absolute Gasteiger partial charge is 0.423 e. The highest BCUT2D eigenvalue weighted by Crippen LogP contribution is 2.50. The Labute approximate surface area is 171 Å². The van der Waals surface area contributed by atoms with Crippen molar-refractivity contribution < 1.29 is 27.4 Å². The van der Waals surface area contributed by atoms with E-state index < -0.39 is 29.2 Å². The van der Waals surface area contributed by atoms with Gasteiger partial charge >= 0.3 is 12.1 Å². The topological polar surface area (TPSA) is 35.5 Å². The number of hydrogen-bond donors (Lipinski definition) is 0. The number of esters is 1. The maximum Gasteiger partial charge on any atom is 0.423 e. The van der Waals surface area contributed by atoms with Gasteiger partial charge in [-0.3, -0.25) is 4.79 Å². The molecule has 0 atom stereocenters. The highest BCUT2D eigenvalue weighted by Gasteiger charge is 2.42. The van der Waals surface area contributed by atoms with E-state index in [0.29, 0.717) is 24.0 Å². The van der Waals surface area contributed by atoms with Gasteiger partial charge in [0.15, 0.2) is 5.75 Å². The van der Waals surface area contributed by atoms with Crippen molar-refractivity contribution in [2.75, 3.05) is 6.61 Å². The Bertz CT molecular complexity index is 904. The first-order chi connectivity index (χ1) is 13.8. The molecule has 0 unspecified atom stereocenters. The second-order valence-electron chi connectivity index (χ2n) is 7.61. The number of benzene rings is 2. The van der Waals surface area contributed by atoms with Gasteiger partial charge in [0.2, 0.25) is 0 Å². The number of hydrogen-bond acceptors (Lipinski definition) is 3. The maximum atomic E-state index is 14.0. The summed E-state index contributed by atoms with van der Waals surface area (Å²) in [5.74, 6) is -1.79. The van der Waals surface area contributed by atoms with Gasteiger partial charge in [0, 0.05) is 5.56 Å². The van der Waals surface area contributed by atoms with Crippen molar-refractivity contribution >= 4 is 17.6 Å². The lowest BCUT2D eigenvalue weighted by atomic mass is 9.86. The summed E-state index contributed by atoms with van der Waals surface area (Å²) in [5.41, 5.74) is -0.179. The zero-order chi connectivity index (χ0) is 20.6. The van der Waals surface area contributed by atoms with Gasteiger partial charge in [-0.15, -0.1) is 0 Å². The normalized spacial score (nSPS) is 17.0. The highest BCUT2D eigenvalue weighted by molar-refractivity contribution is 6.35. The maximum absolute atomic E-state index is 14.0. The SMILES string of the molecule is O=C(Oc1cc(-c2ccccc2)c(Cl)c(OCC2CC2)c1C(F)(F)F)C1CCC1.